The van der Waals surface area contributed by atoms with Gasteiger partial charge in [-0.15, -0.1) is 0 Å². The molecule has 0 radical (unpaired) electrons. The maximum atomic E-state index is 14.4. The summed E-state index contributed by atoms with van der Waals surface area (Å²) in [6.07, 6.45) is 1.75. The van der Waals surface area contributed by atoms with Gasteiger partial charge in [0.05, 0.1) is 18.0 Å². The highest BCUT2D eigenvalue weighted by Crippen LogP contribution is 2.25. The van der Waals surface area contributed by atoms with E-state index >= 15 is 0 Å². The third-order valence-corrected chi connectivity index (χ3v) is 5.95. The van der Waals surface area contributed by atoms with E-state index < -0.39 is 5.91 Å². The number of anilines is 1. The van der Waals surface area contributed by atoms with Gasteiger partial charge in [-0.05, 0) is 43.7 Å². The minimum absolute atomic E-state index is 0.203. The second kappa shape index (κ2) is 11.6. The summed E-state index contributed by atoms with van der Waals surface area (Å²) in [6.45, 7) is 3.94. The van der Waals surface area contributed by atoms with E-state index in [1.807, 2.05) is 49.4 Å². The van der Waals surface area contributed by atoms with Crippen LogP contribution in [0.15, 0.2) is 79.0 Å². The number of methoxy groups -OCH3 is 1. The lowest BCUT2D eigenvalue weighted by Gasteiger charge is -2.22. The minimum Gasteiger partial charge on any atom is -0.383 e. The molecule has 0 atom stereocenters. The van der Waals surface area contributed by atoms with Crippen molar-refractivity contribution in [1.29, 1.82) is 0 Å². The molecule has 8 heteroatoms. The highest BCUT2D eigenvalue weighted by Gasteiger charge is 2.21. The standard InChI is InChI=1S/C29H29FN4O3/c1-20-9-12-23(13-10-20)28(36)33(15-16-37-3)19-27(35)32-29-31-26(22-7-5-4-6-8-22)18-34(29)24-14-11-21(2)25(30)17-24/h4-14,17-18H,15-16,19H2,1-3H3,(H,31,32,35). The molecular formula is C29H29FN4O3. The van der Waals surface area contributed by atoms with Crippen molar-refractivity contribution < 1.29 is 18.7 Å². The fourth-order valence-corrected chi connectivity index (χ4v) is 3.82. The molecule has 1 aromatic heterocycles. The van der Waals surface area contributed by atoms with E-state index in [2.05, 4.69) is 10.3 Å². The van der Waals surface area contributed by atoms with Gasteiger partial charge >= 0.3 is 0 Å². The van der Waals surface area contributed by atoms with E-state index in [9.17, 15) is 14.0 Å². The molecule has 7 nitrogen and oxygen atoms in total. The van der Waals surface area contributed by atoms with Gasteiger partial charge in [0.2, 0.25) is 11.9 Å². The minimum atomic E-state index is -0.435. The summed E-state index contributed by atoms with van der Waals surface area (Å²) >= 11 is 0. The van der Waals surface area contributed by atoms with Crippen molar-refractivity contribution in [2.75, 3.05) is 32.1 Å². The molecule has 0 saturated heterocycles. The van der Waals surface area contributed by atoms with Crippen LogP contribution in [-0.4, -0.2) is 53.1 Å². The Bertz CT molecular complexity index is 1380. The maximum Gasteiger partial charge on any atom is 0.254 e. The van der Waals surface area contributed by atoms with Crippen molar-refractivity contribution in [3.05, 3.63) is 102 Å². The quantitative estimate of drug-likeness (QED) is 0.350. The van der Waals surface area contributed by atoms with Crippen LogP contribution in [0.25, 0.3) is 16.9 Å². The molecule has 0 aliphatic rings. The lowest BCUT2D eigenvalue weighted by atomic mass is 10.1. The van der Waals surface area contributed by atoms with Gasteiger partial charge < -0.3 is 9.64 Å². The second-order valence-electron chi connectivity index (χ2n) is 8.75. The number of imidazole rings is 1. The van der Waals surface area contributed by atoms with Gasteiger partial charge in [-0.3, -0.25) is 19.5 Å². The molecule has 2 amide bonds. The molecule has 190 valence electrons. The largest absolute Gasteiger partial charge is 0.383 e. The van der Waals surface area contributed by atoms with E-state index in [4.69, 9.17) is 4.74 Å². The van der Waals surface area contributed by atoms with Gasteiger partial charge in [0.15, 0.2) is 0 Å². The Morgan fingerprint density at radius 3 is 2.43 bits per heavy atom. The number of halogens is 1. The number of aromatic nitrogens is 2. The predicted octanol–water partition coefficient (Wildman–Crippen LogP) is 5.02. The van der Waals surface area contributed by atoms with E-state index in [-0.39, 0.29) is 37.4 Å². The average Bonchev–Trinajstić information content (AvgIpc) is 3.32. The van der Waals surface area contributed by atoms with Crippen molar-refractivity contribution in [1.82, 2.24) is 14.5 Å². The molecule has 0 fully saturated rings. The van der Waals surface area contributed by atoms with Crippen LogP contribution in [0.3, 0.4) is 0 Å². The van der Waals surface area contributed by atoms with Crippen LogP contribution in [0, 0.1) is 19.7 Å². The Morgan fingerprint density at radius 1 is 1.03 bits per heavy atom. The summed E-state index contributed by atoms with van der Waals surface area (Å²) in [5.41, 5.74) is 4.01. The summed E-state index contributed by atoms with van der Waals surface area (Å²) < 4.78 is 21.2. The van der Waals surface area contributed by atoms with Crippen LogP contribution in [0.2, 0.25) is 0 Å². The number of carbonyl (C=O) groups excluding carboxylic acids is 2. The van der Waals surface area contributed by atoms with E-state index in [0.717, 1.165) is 11.1 Å². The molecule has 4 rings (SSSR count). The Labute approximate surface area is 215 Å². The molecule has 4 aromatic rings. The Kier molecular flexibility index (Phi) is 8.10. The van der Waals surface area contributed by atoms with Crippen LogP contribution >= 0.6 is 0 Å². The third-order valence-electron chi connectivity index (χ3n) is 5.95. The zero-order chi connectivity index (χ0) is 26.4. The van der Waals surface area contributed by atoms with Gasteiger partial charge in [-0.25, -0.2) is 9.37 Å². The number of carbonyl (C=O) groups is 2. The van der Waals surface area contributed by atoms with E-state index in [0.29, 0.717) is 22.5 Å². The molecule has 0 aliphatic carbocycles. The molecule has 0 bridgehead atoms. The van der Waals surface area contributed by atoms with Crippen molar-refractivity contribution in [2.24, 2.45) is 0 Å². The summed E-state index contributed by atoms with van der Waals surface area (Å²) in [6, 6.07) is 21.5. The second-order valence-corrected chi connectivity index (χ2v) is 8.75. The smallest absolute Gasteiger partial charge is 0.254 e. The van der Waals surface area contributed by atoms with Gasteiger partial charge in [0.1, 0.15) is 12.4 Å². The SMILES string of the molecule is COCCN(CC(=O)Nc1nc(-c2ccccc2)cn1-c1ccc(C)c(F)c1)C(=O)c1ccc(C)cc1. The molecule has 3 aromatic carbocycles. The fraction of sp³-hybridized carbons (Fsp3) is 0.207. The van der Waals surface area contributed by atoms with Crippen LogP contribution < -0.4 is 5.32 Å². The number of hydrogen-bond donors (Lipinski definition) is 1. The summed E-state index contributed by atoms with van der Waals surface area (Å²) in [5.74, 6) is -0.850. The van der Waals surface area contributed by atoms with Crippen molar-refractivity contribution in [3.63, 3.8) is 0 Å². The first kappa shape index (κ1) is 25.8. The van der Waals surface area contributed by atoms with Crippen molar-refractivity contribution in [2.45, 2.75) is 13.8 Å². The zero-order valence-electron chi connectivity index (χ0n) is 21.1. The van der Waals surface area contributed by atoms with Crippen molar-refractivity contribution in [3.8, 4) is 16.9 Å². The van der Waals surface area contributed by atoms with Gasteiger partial charge in [0, 0.05) is 31.0 Å². The monoisotopic (exact) mass is 500 g/mol. The first-order chi connectivity index (χ1) is 17.9. The topological polar surface area (TPSA) is 76.5 Å². The molecule has 0 aliphatic heterocycles. The molecule has 0 spiro atoms. The number of ether oxygens (including phenoxy) is 1. The third kappa shape index (κ3) is 6.29. The zero-order valence-corrected chi connectivity index (χ0v) is 21.1. The summed E-state index contributed by atoms with van der Waals surface area (Å²) in [5, 5.41) is 2.81. The molecule has 0 saturated carbocycles. The summed E-state index contributed by atoms with van der Waals surface area (Å²) in [4.78, 5) is 32.3. The average molecular weight is 501 g/mol. The summed E-state index contributed by atoms with van der Waals surface area (Å²) in [7, 11) is 1.54. The molecular weight excluding hydrogens is 471 g/mol. The highest BCUT2D eigenvalue weighted by atomic mass is 19.1. The van der Waals surface area contributed by atoms with Gasteiger partial charge in [0.25, 0.3) is 5.91 Å². The Balaban J connectivity index is 1.61. The van der Waals surface area contributed by atoms with Crippen LogP contribution in [0.4, 0.5) is 10.3 Å². The number of rotatable bonds is 9. The van der Waals surface area contributed by atoms with Crippen molar-refractivity contribution >= 4 is 17.8 Å². The van der Waals surface area contributed by atoms with E-state index in [1.54, 1.807) is 42.0 Å². The van der Waals surface area contributed by atoms with Gasteiger partial charge in [-0.1, -0.05) is 54.1 Å². The van der Waals surface area contributed by atoms with Crippen LogP contribution in [0.5, 0.6) is 0 Å². The normalized spacial score (nSPS) is 10.8. The van der Waals surface area contributed by atoms with Crippen LogP contribution in [-0.2, 0) is 9.53 Å². The molecule has 1 N–H and O–H groups in total. The maximum absolute atomic E-state index is 14.4. The number of aryl methyl sites for hydroxylation is 2. The number of benzene rings is 3. The Hall–Kier alpha value is -4.30. The van der Waals surface area contributed by atoms with E-state index in [1.165, 1.54) is 18.1 Å². The highest BCUT2D eigenvalue weighted by molar-refractivity contribution is 5.99. The van der Waals surface area contributed by atoms with Crippen LogP contribution in [0.1, 0.15) is 21.5 Å². The molecule has 1 heterocycles. The first-order valence-electron chi connectivity index (χ1n) is 11.9. The number of nitrogens with one attached hydrogen (secondary N) is 1. The van der Waals surface area contributed by atoms with Gasteiger partial charge in [-0.2, -0.15) is 0 Å². The molecule has 0 unspecified atom stereocenters. The predicted molar refractivity (Wildman–Crippen MR) is 141 cm³/mol. The first-order valence-corrected chi connectivity index (χ1v) is 11.9. The molecule has 37 heavy (non-hydrogen) atoms. The number of amides is 2. The lowest BCUT2D eigenvalue weighted by molar-refractivity contribution is -0.117. The fourth-order valence-electron chi connectivity index (χ4n) is 3.82. The number of hydrogen-bond acceptors (Lipinski definition) is 4. The number of nitrogens with zero attached hydrogens (tertiary/aromatic N) is 3. The lowest BCUT2D eigenvalue weighted by Crippen LogP contribution is -2.40. The Morgan fingerprint density at radius 2 is 1.76 bits per heavy atom.